The lowest BCUT2D eigenvalue weighted by atomic mass is 10.3. The number of carbonyl (C=O) groups is 1. The Kier molecular flexibility index (Phi) is 5.46. The van der Waals surface area contributed by atoms with Gasteiger partial charge in [0, 0.05) is 18.5 Å². The lowest BCUT2D eigenvalue weighted by Gasteiger charge is -2.21. The molecule has 0 saturated heterocycles. The van der Waals surface area contributed by atoms with Crippen LogP contribution in [0.3, 0.4) is 0 Å². The topological polar surface area (TPSA) is 55.3 Å². The zero-order valence-electron chi connectivity index (χ0n) is 11.0. The number of carbonyl (C=O) groups excluding carboxylic acids is 1. The number of halogens is 1. The Morgan fingerprint density at radius 2 is 2.30 bits per heavy atom. The largest absolute Gasteiger partial charge is 0.383 e. The van der Waals surface area contributed by atoms with Gasteiger partial charge in [0.25, 0.3) is 5.91 Å². The van der Waals surface area contributed by atoms with Gasteiger partial charge in [-0.1, -0.05) is 17.7 Å². The molecule has 1 amide bonds. The highest BCUT2D eigenvalue weighted by molar-refractivity contribution is 7.09. The zero-order valence-corrected chi connectivity index (χ0v) is 12.5. The molecular weight excluding hydrogens is 298 g/mol. The number of amides is 1. The number of thiophene rings is 1. The summed E-state index contributed by atoms with van der Waals surface area (Å²) < 4.78 is 5.05. The fourth-order valence-corrected chi connectivity index (χ4v) is 2.45. The van der Waals surface area contributed by atoms with E-state index in [0.29, 0.717) is 19.7 Å². The SMILES string of the molecule is COCCN(Cc1cccs1)C(=O)c1cnc(Cl)cn1. The first-order chi connectivity index (χ1) is 9.70. The van der Waals surface area contributed by atoms with E-state index in [4.69, 9.17) is 16.3 Å². The molecule has 0 aliphatic carbocycles. The van der Waals surface area contributed by atoms with Gasteiger partial charge in [-0.05, 0) is 11.4 Å². The van der Waals surface area contributed by atoms with Crippen molar-refractivity contribution in [2.24, 2.45) is 0 Å². The fraction of sp³-hybridized carbons (Fsp3) is 0.308. The van der Waals surface area contributed by atoms with Gasteiger partial charge < -0.3 is 9.64 Å². The maximum atomic E-state index is 12.4. The minimum atomic E-state index is -0.181. The second-order valence-electron chi connectivity index (χ2n) is 4.02. The lowest BCUT2D eigenvalue weighted by Crippen LogP contribution is -2.33. The molecule has 0 aliphatic heterocycles. The molecule has 2 rings (SSSR count). The van der Waals surface area contributed by atoms with Gasteiger partial charge in [0.15, 0.2) is 0 Å². The second kappa shape index (κ2) is 7.33. The normalized spacial score (nSPS) is 10.5. The molecule has 0 radical (unpaired) electrons. The Hall–Kier alpha value is -1.50. The van der Waals surface area contributed by atoms with Gasteiger partial charge >= 0.3 is 0 Å². The van der Waals surface area contributed by atoms with E-state index in [9.17, 15) is 4.79 Å². The van der Waals surface area contributed by atoms with Crippen LogP contribution >= 0.6 is 22.9 Å². The number of methoxy groups -OCH3 is 1. The Balaban J connectivity index is 2.12. The molecule has 0 spiro atoms. The number of hydrogen-bond donors (Lipinski definition) is 0. The van der Waals surface area contributed by atoms with Crippen LogP contribution in [0.5, 0.6) is 0 Å². The maximum Gasteiger partial charge on any atom is 0.274 e. The van der Waals surface area contributed by atoms with E-state index in [2.05, 4.69) is 9.97 Å². The molecule has 0 saturated carbocycles. The summed E-state index contributed by atoms with van der Waals surface area (Å²) in [5, 5.41) is 2.25. The van der Waals surface area contributed by atoms with E-state index in [-0.39, 0.29) is 16.8 Å². The highest BCUT2D eigenvalue weighted by Crippen LogP contribution is 2.14. The van der Waals surface area contributed by atoms with Crippen LogP contribution < -0.4 is 0 Å². The average Bonchev–Trinajstić information content (AvgIpc) is 2.96. The predicted octanol–water partition coefficient (Wildman–Crippen LogP) is 2.48. The molecule has 0 aromatic carbocycles. The molecule has 20 heavy (non-hydrogen) atoms. The van der Waals surface area contributed by atoms with Crippen LogP contribution in [0, 0.1) is 0 Å². The van der Waals surface area contributed by atoms with Crippen molar-refractivity contribution in [3.05, 3.63) is 45.6 Å². The first kappa shape index (κ1) is 14.9. The Morgan fingerprint density at radius 1 is 1.45 bits per heavy atom. The van der Waals surface area contributed by atoms with Crippen molar-refractivity contribution in [1.29, 1.82) is 0 Å². The van der Waals surface area contributed by atoms with E-state index in [0.717, 1.165) is 4.88 Å². The highest BCUT2D eigenvalue weighted by atomic mass is 35.5. The van der Waals surface area contributed by atoms with E-state index >= 15 is 0 Å². The van der Waals surface area contributed by atoms with Crippen molar-refractivity contribution in [1.82, 2.24) is 14.9 Å². The van der Waals surface area contributed by atoms with Crippen LogP contribution in [0.2, 0.25) is 5.15 Å². The first-order valence-electron chi connectivity index (χ1n) is 5.99. The van der Waals surface area contributed by atoms with Gasteiger partial charge in [0.05, 0.1) is 25.5 Å². The number of ether oxygens (including phenoxy) is 1. The third-order valence-electron chi connectivity index (χ3n) is 2.62. The Labute approximate surface area is 126 Å². The van der Waals surface area contributed by atoms with E-state index in [1.54, 1.807) is 23.3 Å². The van der Waals surface area contributed by atoms with Crippen molar-refractivity contribution >= 4 is 28.8 Å². The highest BCUT2D eigenvalue weighted by Gasteiger charge is 2.18. The van der Waals surface area contributed by atoms with Crippen molar-refractivity contribution in [2.75, 3.05) is 20.3 Å². The minimum Gasteiger partial charge on any atom is -0.383 e. The summed E-state index contributed by atoms with van der Waals surface area (Å²) in [7, 11) is 1.61. The van der Waals surface area contributed by atoms with Gasteiger partial charge in [-0.25, -0.2) is 9.97 Å². The monoisotopic (exact) mass is 311 g/mol. The van der Waals surface area contributed by atoms with Gasteiger partial charge in [-0.15, -0.1) is 11.3 Å². The third-order valence-corrected chi connectivity index (χ3v) is 3.68. The summed E-state index contributed by atoms with van der Waals surface area (Å²) in [6.45, 7) is 1.50. The number of nitrogens with zero attached hydrogens (tertiary/aromatic N) is 3. The molecule has 0 atom stereocenters. The summed E-state index contributed by atoms with van der Waals surface area (Å²) in [5.41, 5.74) is 0.280. The molecule has 2 aromatic rings. The van der Waals surface area contributed by atoms with E-state index in [1.165, 1.54) is 12.4 Å². The molecule has 0 bridgehead atoms. The molecule has 0 N–H and O–H groups in total. The third kappa shape index (κ3) is 4.00. The smallest absolute Gasteiger partial charge is 0.274 e. The maximum absolute atomic E-state index is 12.4. The molecule has 7 heteroatoms. The van der Waals surface area contributed by atoms with Crippen LogP contribution in [-0.2, 0) is 11.3 Å². The molecule has 106 valence electrons. The lowest BCUT2D eigenvalue weighted by molar-refractivity contribution is 0.0676. The van der Waals surface area contributed by atoms with Crippen LogP contribution in [0.25, 0.3) is 0 Å². The molecule has 5 nitrogen and oxygen atoms in total. The van der Waals surface area contributed by atoms with Crippen LogP contribution in [-0.4, -0.2) is 41.0 Å². The number of rotatable bonds is 6. The molecular formula is C13H14ClN3O2S. The molecule has 0 fully saturated rings. The van der Waals surface area contributed by atoms with Crippen LogP contribution in [0.4, 0.5) is 0 Å². The van der Waals surface area contributed by atoms with Crippen molar-refractivity contribution in [2.45, 2.75) is 6.54 Å². The summed E-state index contributed by atoms with van der Waals surface area (Å²) >= 11 is 7.29. The summed E-state index contributed by atoms with van der Waals surface area (Å²) in [5.74, 6) is -0.181. The zero-order chi connectivity index (χ0) is 14.4. The van der Waals surface area contributed by atoms with E-state index < -0.39 is 0 Å². The summed E-state index contributed by atoms with van der Waals surface area (Å²) in [4.78, 5) is 23.1. The Morgan fingerprint density at radius 3 is 2.90 bits per heavy atom. The second-order valence-corrected chi connectivity index (χ2v) is 5.44. The molecule has 0 aliphatic rings. The molecule has 0 unspecified atom stereocenters. The van der Waals surface area contributed by atoms with Crippen LogP contribution in [0.1, 0.15) is 15.4 Å². The summed E-state index contributed by atoms with van der Waals surface area (Å²) in [6.07, 6.45) is 2.76. The number of aromatic nitrogens is 2. The summed E-state index contributed by atoms with van der Waals surface area (Å²) in [6, 6.07) is 3.95. The fourth-order valence-electron chi connectivity index (χ4n) is 1.63. The van der Waals surface area contributed by atoms with Gasteiger partial charge in [0.2, 0.25) is 0 Å². The molecule has 2 heterocycles. The van der Waals surface area contributed by atoms with Crippen molar-refractivity contribution in [3.63, 3.8) is 0 Å². The van der Waals surface area contributed by atoms with Crippen molar-refractivity contribution < 1.29 is 9.53 Å². The van der Waals surface area contributed by atoms with Gasteiger partial charge in [-0.2, -0.15) is 0 Å². The van der Waals surface area contributed by atoms with Gasteiger partial charge in [0.1, 0.15) is 10.8 Å². The van der Waals surface area contributed by atoms with E-state index in [1.807, 2.05) is 17.5 Å². The first-order valence-corrected chi connectivity index (χ1v) is 7.24. The van der Waals surface area contributed by atoms with Crippen LogP contribution in [0.15, 0.2) is 29.9 Å². The average molecular weight is 312 g/mol. The van der Waals surface area contributed by atoms with Gasteiger partial charge in [-0.3, -0.25) is 4.79 Å². The van der Waals surface area contributed by atoms with Crippen molar-refractivity contribution in [3.8, 4) is 0 Å². The predicted molar refractivity (Wildman–Crippen MR) is 78.0 cm³/mol. The Bertz CT molecular complexity index is 545. The standard InChI is InChI=1S/C13H14ClN3O2S/c1-19-5-4-17(9-10-3-2-6-20-10)13(18)11-7-16-12(14)8-15-11/h2-3,6-8H,4-5,9H2,1H3. The number of hydrogen-bond acceptors (Lipinski definition) is 5. The molecule has 2 aromatic heterocycles. The minimum absolute atomic E-state index is 0.181. The quantitative estimate of drug-likeness (QED) is 0.822.